The summed E-state index contributed by atoms with van der Waals surface area (Å²) in [6.07, 6.45) is -1.37. The Morgan fingerprint density at radius 2 is 1.61 bits per heavy atom. The van der Waals surface area contributed by atoms with Gasteiger partial charge in [-0.3, -0.25) is 0 Å². The Labute approximate surface area is 182 Å². The van der Waals surface area contributed by atoms with E-state index in [2.05, 4.69) is 5.16 Å². The van der Waals surface area contributed by atoms with Gasteiger partial charge in [-0.2, -0.15) is 5.48 Å². The molecule has 0 amide bonds. The van der Waals surface area contributed by atoms with Gasteiger partial charge in [0.25, 0.3) is 0 Å². The minimum atomic E-state index is -3.71. The topological polar surface area (TPSA) is 128 Å². The highest BCUT2D eigenvalue weighted by atomic mass is 32.2. The number of nitrogens with zero attached hydrogens (tertiary/aromatic N) is 1. The molecule has 0 spiro atoms. The summed E-state index contributed by atoms with van der Waals surface area (Å²) in [5, 5.41) is 32.8. The highest BCUT2D eigenvalue weighted by Crippen LogP contribution is 2.31. The molecule has 9 heteroatoms. The lowest BCUT2D eigenvalue weighted by Crippen LogP contribution is -2.54. The zero-order valence-corrected chi connectivity index (χ0v) is 18.5. The monoisotopic (exact) mass is 448 g/mol. The summed E-state index contributed by atoms with van der Waals surface area (Å²) in [5.41, 5.74) is 6.06. The summed E-state index contributed by atoms with van der Waals surface area (Å²) >= 11 is 0. The summed E-state index contributed by atoms with van der Waals surface area (Å²) in [6, 6.07) is 15.4. The Morgan fingerprint density at radius 1 is 1.10 bits per heavy atom. The van der Waals surface area contributed by atoms with Gasteiger partial charge in [-0.05, 0) is 36.1 Å². The zero-order chi connectivity index (χ0) is 22.8. The Bertz CT molecular complexity index is 1030. The maximum atomic E-state index is 12.2. The van der Waals surface area contributed by atoms with Crippen LogP contribution in [0.1, 0.15) is 43.9 Å². The minimum Gasteiger partial charge on any atom is -0.392 e. The van der Waals surface area contributed by atoms with Crippen molar-refractivity contribution in [3.63, 3.8) is 0 Å². The summed E-state index contributed by atoms with van der Waals surface area (Å²) in [4.78, 5) is 5.44. The van der Waals surface area contributed by atoms with Crippen LogP contribution in [0.25, 0.3) is 11.1 Å². The summed E-state index contributed by atoms with van der Waals surface area (Å²) in [7, 11) is -3.71. The molecule has 1 unspecified atom stereocenters. The van der Waals surface area contributed by atoms with Crippen molar-refractivity contribution in [2.45, 2.75) is 49.9 Å². The molecule has 0 radical (unpaired) electrons. The summed E-state index contributed by atoms with van der Waals surface area (Å²) in [5.74, 6) is 0. The second kappa shape index (κ2) is 9.05. The number of sulfone groups is 1. The number of hydrogen-bond donors (Lipinski definition) is 4. The van der Waals surface area contributed by atoms with Gasteiger partial charge in [0.15, 0.2) is 9.84 Å². The molecular weight excluding hydrogens is 420 g/mol. The van der Waals surface area contributed by atoms with Gasteiger partial charge in [-0.15, -0.1) is 0 Å². The van der Waals surface area contributed by atoms with E-state index in [-0.39, 0.29) is 6.42 Å². The second-order valence-electron chi connectivity index (χ2n) is 8.17. The number of oxime groups is 1. The maximum absolute atomic E-state index is 12.2. The van der Waals surface area contributed by atoms with E-state index in [9.17, 15) is 18.6 Å². The van der Waals surface area contributed by atoms with E-state index in [1.165, 1.54) is 6.92 Å². The van der Waals surface area contributed by atoms with Crippen molar-refractivity contribution in [1.82, 2.24) is 5.48 Å². The quantitative estimate of drug-likeness (QED) is 0.360. The Hall–Kier alpha value is -2.30. The third-order valence-electron chi connectivity index (χ3n) is 5.86. The van der Waals surface area contributed by atoms with E-state index in [0.29, 0.717) is 12.1 Å². The second-order valence-corrected chi connectivity index (χ2v) is 10.6. The lowest BCUT2D eigenvalue weighted by Gasteiger charge is -2.32. The number of nitrogens with one attached hydrogen (secondary N) is 1. The van der Waals surface area contributed by atoms with Gasteiger partial charge in [0.05, 0.1) is 11.8 Å². The Kier molecular flexibility index (Phi) is 6.82. The summed E-state index contributed by atoms with van der Waals surface area (Å²) < 4.78 is 22.8. The van der Waals surface area contributed by atoms with Crippen LogP contribution in [0, 0.1) is 0 Å². The molecule has 1 aliphatic heterocycles. The van der Waals surface area contributed by atoms with E-state index < -0.39 is 33.0 Å². The van der Waals surface area contributed by atoms with Crippen LogP contribution in [0.5, 0.6) is 0 Å². The Balaban J connectivity index is 1.70. The van der Waals surface area contributed by atoms with Crippen LogP contribution in [0.15, 0.2) is 53.7 Å². The number of hydrogen-bond acceptors (Lipinski definition) is 8. The molecule has 1 aliphatic rings. The SMILES string of the molecule is C[C@H](O)c1ccc(-c2ccc(C3=NO[C@@H](C[C@](C)(C(O)NO)S(C)(=O)=O)C3)cc2)cc1. The third-order valence-corrected chi connectivity index (χ3v) is 7.94. The number of hydroxylamine groups is 1. The van der Waals surface area contributed by atoms with Gasteiger partial charge in [0.2, 0.25) is 0 Å². The highest BCUT2D eigenvalue weighted by Gasteiger charge is 2.46. The number of rotatable bonds is 8. The smallest absolute Gasteiger partial charge is 0.156 e. The number of benzene rings is 2. The zero-order valence-electron chi connectivity index (χ0n) is 17.7. The summed E-state index contributed by atoms with van der Waals surface area (Å²) in [6.45, 7) is 3.08. The van der Waals surface area contributed by atoms with Gasteiger partial charge in [0, 0.05) is 19.1 Å². The van der Waals surface area contributed by atoms with Crippen molar-refractivity contribution in [2.75, 3.05) is 6.26 Å². The predicted octanol–water partition coefficient (Wildman–Crippen LogP) is 2.39. The fourth-order valence-electron chi connectivity index (χ4n) is 3.57. The van der Waals surface area contributed by atoms with Crippen LogP contribution in [0.2, 0.25) is 0 Å². The molecule has 3 rings (SSSR count). The van der Waals surface area contributed by atoms with Crippen molar-refractivity contribution < 1.29 is 28.7 Å². The molecule has 0 bridgehead atoms. The van der Waals surface area contributed by atoms with E-state index in [1.807, 2.05) is 48.5 Å². The van der Waals surface area contributed by atoms with Crippen LogP contribution in [-0.2, 0) is 14.7 Å². The van der Waals surface area contributed by atoms with Gasteiger partial charge in [-0.25, -0.2) is 8.42 Å². The Morgan fingerprint density at radius 3 is 2.10 bits per heavy atom. The van der Waals surface area contributed by atoms with Crippen LogP contribution in [0.3, 0.4) is 0 Å². The first-order valence-corrected chi connectivity index (χ1v) is 11.8. The van der Waals surface area contributed by atoms with Crippen molar-refractivity contribution in [1.29, 1.82) is 0 Å². The van der Waals surface area contributed by atoms with Gasteiger partial charge in [0.1, 0.15) is 17.1 Å². The van der Waals surface area contributed by atoms with Crippen LogP contribution >= 0.6 is 0 Å². The first kappa shape index (κ1) is 23.4. The predicted molar refractivity (Wildman–Crippen MR) is 117 cm³/mol. The van der Waals surface area contributed by atoms with Gasteiger partial charge < -0.3 is 20.3 Å². The van der Waals surface area contributed by atoms with Crippen molar-refractivity contribution in [3.8, 4) is 11.1 Å². The van der Waals surface area contributed by atoms with E-state index >= 15 is 0 Å². The molecule has 0 fully saturated rings. The van der Waals surface area contributed by atoms with Crippen molar-refractivity contribution in [2.24, 2.45) is 5.16 Å². The first-order chi connectivity index (χ1) is 14.5. The molecule has 0 saturated heterocycles. The van der Waals surface area contributed by atoms with E-state index in [0.717, 1.165) is 28.5 Å². The number of aliphatic hydroxyl groups is 2. The van der Waals surface area contributed by atoms with E-state index in [4.69, 9.17) is 10.0 Å². The lowest BCUT2D eigenvalue weighted by molar-refractivity contribution is -0.0355. The maximum Gasteiger partial charge on any atom is 0.156 e. The molecule has 168 valence electrons. The average molecular weight is 449 g/mol. The first-order valence-electron chi connectivity index (χ1n) is 9.94. The molecule has 31 heavy (non-hydrogen) atoms. The molecule has 2 aromatic carbocycles. The van der Waals surface area contributed by atoms with Crippen molar-refractivity contribution >= 4 is 15.5 Å². The van der Waals surface area contributed by atoms with Crippen molar-refractivity contribution in [3.05, 3.63) is 59.7 Å². The highest BCUT2D eigenvalue weighted by molar-refractivity contribution is 7.92. The van der Waals surface area contributed by atoms with Crippen LogP contribution in [-0.4, -0.2) is 52.9 Å². The molecule has 4 atom stereocenters. The molecule has 1 heterocycles. The molecule has 8 nitrogen and oxygen atoms in total. The van der Waals surface area contributed by atoms with Gasteiger partial charge in [-0.1, -0.05) is 53.7 Å². The molecule has 0 saturated carbocycles. The lowest BCUT2D eigenvalue weighted by atomic mass is 9.95. The molecule has 0 aromatic heterocycles. The molecule has 0 aliphatic carbocycles. The molecule has 2 aromatic rings. The van der Waals surface area contributed by atoms with E-state index in [1.54, 1.807) is 12.4 Å². The molecule has 4 N–H and O–H groups in total. The average Bonchev–Trinajstić information content (AvgIpc) is 3.20. The van der Waals surface area contributed by atoms with Crippen LogP contribution in [0.4, 0.5) is 0 Å². The third kappa shape index (κ3) is 4.97. The van der Waals surface area contributed by atoms with Gasteiger partial charge >= 0.3 is 0 Å². The fraction of sp³-hybridized carbons (Fsp3) is 0.409. The number of aliphatic hydroxyl groups excluding tert-OH is 2. The standard InChI is InChI=1S/C22H28N2O6S/c1-14(25)15-4-6-16(7-5-15)17-8-10-18(11-9-17)20-12-19(30-24-20)13-22(2,21(26)23-27)31(3,28)29/h4-11,14,19,21,23,25-27H,12-13H2,1-3H3/t14-,19+,21?,22+/m0/s1. The minimum absolute atomic E-state index is 0.0404. The largest absolute Gasteiger partial charge is 0.392 e. The normalized spacial score (nSPS) is 20.5. The van der Waals surface area contributed by atoms with Crippen LogP contribution < -0.4 is 5.48 Å². The fourth-order valence-corrected chi connectivity index (χ4v) is 4.52. The molecular formula is C22H28N2O6S.